The van der Waals surface area contributed by atoms with Crippen LogP contribution in [0.2, 0.25) is 0 Å². The predicted molar refractivity (Wildman–Crippen MR) is 101 cm³/mol. The van der Waals surface area contributed by atoms with Gasteiger partial charge in [-0.25, -0.2) is 4.79 Å². The first-order valence-corrected chi connectivity index (χ1v) is 6.96. The number of hydrogen-bond donors (Lipinski definition) is 0. The van der Waals surface area contributed by atoms with E-state index in [9.17, 15) is 14.4 Å². The third kappa shape index (κ3) is 3.76. The van der Waals surface area contributed by atoms with Gasteiger partial charge in [0, 0.05) is 12.5 Å². The van der Waals surface area contributed by atoms with E-state index >= 15 is 0 Å². The number of hydrogen-bond acceptors (Lipinski definition) is 4. The van der Waals surface area contributed by atoms with Gasteiger partial charge in [0.25, 0.3) is 0 Å². The lowest BCUT2D eigenvalue weighted by Gasteiger charge is -2.17. The number of rotatable bonds is 3. The van der Waals surface area contributed by atoms with E-state index in [0.29, 0.717) is 5.56 Å². The van der Waals surface area contributed by atoms with Crippen molar-refractivity contribution < 1.29 is 19.1 Å². The van der Waals surface area contributed by atoms with Crippen LogP contribution in [0.5, 0.6) is 0 Å². The van der Waals surface area contributed by atoms with Crippen LogP contribution >= 0.6 is 0 Å². The first kappa shape index (κ1) is 18.0. The monoisotopic (exact) mass is 290 g/mol. The molecular formula is C13H15B5O4. The number of esters is 1. The van der Waals surface area contributed by atoms with Gasteiger partial charge in [-0.2, -0.15) is 0 Å². The molecule has 0 aromatic heterocycles. The average molecular weight is 289 g/mol. The van der Waals surface area contributed by atoms with E-state index in [0.717, 1.165) is 28.8 Å². The zero-order valence-electron chi connectivity index (χ0n) is 13.8. The molecular weight excluding hydrogens is 274 g/mol. The standard InChI is InChI=1S/C13H15B5O4/c1-5(19)13(21)22-4-2-3-6(20)7-8(14)10(16)12(18)11(17)9(7)15/h4,14-18H2,1H3. The van der Waals surface area contributed by atoms with E-state index in [4.69, 9.17) is 0 Å². The van der Waals surface area contributed by atoms with Gasteiger partial charge in [0.2, 0.25) is 11.6 Å². The molecule has 0 amide bonds. The summed E-state index contributed by atoms with van der Waals surface area (Å²) >= 11 is 0. The van der Waals surface area contributed by atoms with Gasteiger partial charge in [0.05, 0.1) is 0 Å². The Labute approximate surface area is 134 Å². The Bertz CT molecular complexity index is 701. The zero-order chi connectivity index (χ0) is 17.0. The van der Waals surface area contributed by atoms with E-state index in [1.54, 1.807) is 0 Å². The molecule has 0 aliphatic carbocycles. The third-order valence-electron chi connectivity index (χ3n) is 3.99. The van der Waals surface area contributed by atoms with Gasteiger partial charge in [-0.1, -0.05) is 16.8 Å². The number of carbonyl (C=O) groups excluding carboxylic acids is 3. The summed E-state index contributed by atoms with van der Waals surface area (Å²) in [6, 6.07) is 0. The molecule has 0 heterocycles. The van der Waals surface area contributed by atoms with Crippen LogP contribution in [0, 0.1) is 11.8 Å². The molecule has 0 spiro atoms. The van der Waals surface area contributed by atoms with E-state index in [1.807, 2.05) is 39.2 Å². The highest BCUT2D eigenvalue weighted by atomic mass is 16.5. The molecule has 0 N–H and O–H groups in total. The van der Waals surface area contributed by atoms with Crippen LogP contribution in [0.4, 0.5) is 0 Å². The predicted octanol–water partition coefficient (Wildman–Crippen LogP) is -7.70. The fourth-order valence-electron chi connectivity index (χ4n) is 2.22. The molecule has 0 radical (unpaired) electrons. The topological polar surface area (TPSA) is 60.4 Å². The maximum absolute atomic E-state index is 12.3. The van der Waals surface area contributed by atoms with Gasteiger partial charge in [-0.15, -0.1) is 16.4 Å². The maximum Gasteiger partial charge on any atom is 0.375 e. The molecule has 1 rings (SSSR count). The van der Waals surface area contributed by atoms with Crippen LogP contribution in [0.25, 0.3) is 0 Å². The van der Waals surface area contributed by atoms with Crippen LogP contribution in [-0.2, 0) is 14.3 Å². The summed E-state index contributed by atoms with van der Waals surface area (Å²) in [5.74, 6) is 3.01. The quantitative estimate of drug-likeness (QED) is 0.138. The van der Waals surface area contributed by atoms with E-state index in [1.165, 1.54) is 5.46 Å². The fraction of sp³-hybridized carbons (Fsp3) is 0.154. The molecule has 9 heteroatoms. The molecule has 0 fully saturated rings. The number of carbonyl (C=O) groups is 3. The fourth-order valence-corrected chi connectivity index (χ4v) is 2.22. The van der Waals surface area contributed by atoms with Gasteiger partial charge >= 0.3 is 5.97 Å². The van der Waals surface area contributed by atoms with Crippen LogP contribution in [-0.4, -0.2) is 63.4 Å². The minimum atomic E-state index is -0.948. The molecule has 106 valence electrons. The normalized spacial score (nSPS) is 9.50. The highest BCUT2D eigenvalue weighted by molar-refractivity contribution is 6.68. The van der Waals surface area contributed by atoms with Crippen molar-refractivity contribution in [3.8, 4) is 11.8 Å². The molecule has 0 atom stereocenters. The van der Waals surface area contributed by atoms with Crippen LogP contribution in [0.15, 0.2) is 0 Å². The van der Waals surface area contributed by atoms with Crippen molar-refractivity contribution in [2.45, 2.75) is 6.92 Å². The Kier molecular flexibility index (Phi) is 5.93. The van der Waals surface area contributed by atoms with Crippen molar-refractivity contribution in [2.75, 3.05) is 6.61 Å². The Morgan fingerprint density at radius 1 is 0.909 bits per heavy atom. The lowest BCUT2D eigenvalue weighted by atomic mass is 9.60. The number of benzene rings is 1. The largest absolute Gasteiger partial charge is 0.447 e. The third-order valence-corrected chi connectivity index (χ3v) is 3.99. The second kappa shape index (κ2) is 7.26. The summed E-state index contributed by atoms with van der Waals surface area (Å²) in [7, 11) is 9.80. The van der Waals surface area contributed by atoms with Crippen molar-refractivity contribution in [2.24, 2.45) is 0 Å². The molecule has 0 saturated heterocycles. The van der Waals surface area contributed by atoms with Crippen molar-refractivity contribution in [1.82, 2.24) is 0 Å². The second-order valence-corrected chi connectivity index (χ2v) is 5.26. The highest BCUT2D eigenvalue weighted by Crippen LogP contribution is 1.88. The average Bonchev–Trinajstić information content (AvgIpc) is 2.47. The molecule has 1 aromatic carbocycles. The van der Waals surface area contributed by atoms with Crippen molar-refractivity contribution in [3.63, 3.8) is 0 Å². The van der Waals surface area contributed by atoms with Crippen LogP contribution < -0.4 is 27.3 Å². The molecule has 4 nitrogen and oxygen atoms in total. The molecule has 0 aliphatic rings. The molecule has 1 aromatic rings. The number of Topliss-reactive ketones (excluding diaryl/α,β-unsaturated/α-hetero) is 2. The van der Waals surface area contributed by atoms with E-state index in [-0.39, 0.29) is 12.4 Å². The Morgan fingerprint density at radius 3 is 1.82 bits per heavy atom. The smallest absolute Gasteiger partial charge is 0.375 e. The summed E-state index contributed by atoms with van der Waals surface area (Å²) in [6.45, 7) is 0.845. The Balaban J connectivity index is 3.02. The summed E-state index contributed by atoms with van der Waals surface area (Å²) < 4.78 is 4.60. The summed E-state index contributed by atoms with van der Waals surface area (Å²) in [4.78, 5) is 34.0. The number of ketones is 2. The minimum Gasteiger partial charge on any atom is -0.447 e. The molecule has 0 saturated carbocycles. The molecule has 0 aliphatic heterocycles. The zero-order valence-corrected chi connectivity index (χ0v) is 13.8. The van der Waals surface area contributed by atoms with Crippen LogP contribution in [0.1, 0.15) is 17.3 Å². The van der Waals surface area contributed by atoms with Gasteiger partial charge < -0.3 is 4.74 Å². The molecule has 0 unspecified atom stereocenters. The van der Waals surface area contributed by atoms with E-state index in [2.05, 4.69) is 16.6 Å². The summed E-state index contributed by atoms with van der Waals surface area (Å²) in [6.07, 6.45) is 0. The van der Waals surface area contributed by atoms with Gasteiger partial charge in [0.1, 0.15) is 39.2 Å². The highest BCUT2D eigenvalue weighted by Gasteiger charge is 2.15. The minimum absolute atomic E-state index is 0.272. The Morgan fingerprint density at radius 2 is 1.36 bits per heavy atom. The number of ether oxygens (including phenoxy) is 1. The van der Waals surface area contributed by atoms with Gasteiger partial charge in [-0.05, 0) is 5.92 Å². The Hall–Kier alpha value is -2.09. The SMILES string of the molecule is Bc1c(B)c(B)c(C(=O)C#CCOC(=O)C(C)=O)c(B)c1B. The maximum atomic E-state index is 12.3. The van der Waals surface area contributed by atoms with Crippen molar-refractivity contribution in [1.29, 1.82) is 0 Å². The lowest BCUT2D eigenvalue weighted by Crippen LogP contribution is -2.57. The lowest BCUT2D eigenvalue weighted by molar-refractivity contribution is -0.151. The second-order valence-electron chi connectivity index (χ2n) is 5.26. The van der Waals surface area contributed by atoms with Crippen molar-refractivity contribution in [3.05, 3.63) is 5.56 Å². The van der Waals surface area contributed by atoms with Crippen LogP contribution in [0.3, 0.4) is 0 Å². The molecule has 0 bridgehead atoms. The summed E-state index contributed by atoms with van der Waals surface area (Å²) in [5.41, 5.74) is 5.77. The van der Waals surface area contributed by atoms with E-state index < -0.39 is 11.8 Å². The summed E-state index contributed by atoms with van der Waals surface area (Å²) in [5, 5.41) is 0. The first-order chi connectivity index (χ1) is 10.2. The van der Waals surface area contributed by atoms with Crippen molar-refractivity contribution >= 4 is 84.1 Å². The molecule has 22 heavy (non-hydrogen) atoms. The van der Waals surface area contributed by atoms with Gasteiger partial charge in [-0.3, -0.25) is 9.59 Å². The first-order valence-electron chi connectivity index (χ1n) is 6.96. The van der Waals surface area contributed by atoms with Gasteiger partial charge in [0.15, 0.2) is 6.61 Å².